The van der Waals surface area contributed by atoms with Gasteiger partial charge in [-0.2, -0.15) is 0 Å². The molecule has 2 aliphatic rings. The van der Waals surface area contributed by atoms with Gasteiger partial charge in [0.25, 0.3) is 0 Å². The van der Waals surface area contributed by atoms with E-state index in [9.17, 15) is 0 Å². The second-order valence-electron chi connectivity index (χ2n) is 7.17. The van der Waals surface area contributed by atoms with Crippen molar-refractivity contribution in [3.63, 3.8) is 0 Å². The van der Waals surface area contributed by atoms with Gasteiger partial charge in [-0.1, -0.05) is 52.4 Å². The van der Waals surface area contributed by atoms with E-state index in [2.05, 4.69) is 26.0 Å². The van der Waals surface area contributed by atoms with E-state index in [1.165, 1.54) is 64.2 Å². The highest BCUT2D eigenvalue weighted by molar-refractivity contribution is 4.99. The zero-order valence-electron chi connectivity index (χ0n) is 12.8. The monoisotopic (exact) mass is 262 g/mol. The molecule has 19 heavy (non-hydrogen) atoms. The zero-order chi connectivity index (χ0) is 13.6. The molecule has 0 radical (unpaired) electrons. The lowest BCUT2D eigenvalue weighted by Crippen LogP contribution is -2.17. The van der Waals surface area contributed by atoms with Crippen LogP contribution in [0.4, 0.5) is 0 Å². The Morgan fingerprint density at radius 1 is 0.632 bits per heavy atom. The predicted octanol–water partition coefficient (Wildman–Crippen LogP) is 5.97. The molecule has 0 unspecified atom stereocenters. The molecule has 0 aromatic heterocycles. The summed E-state index contributed by atoms with van der Waals surface area (Å²) in [6, 6.07) is 0. The summed E-state index contributed by atoms with van der Waals surface area (Å²) in [5, 5.41) is 0. The minimum Gasteiger partial charge on any atom is -0.473 e. The largest absolute Gasteiger partial charge is 0.473 e. The van der Waals surface area contributed by atoms with E-state index in [4.69, 9.17) is 4.74 Å². The molecule has 0 N–H and O–H groups in total. The summed E-state index contributed by atoms with van der Waals surface area (Å²) in [6.07, 6.45) is 21.9. The fourth-order valence-electron chi connectivity index (χ4n) is 3.50. The smallest absolute Gasteiger partial charge is 0.0866 e. The van der Waals surface area contributed by atoms with Crippen LogP contribution in [0.5, 0.6) is 0 Å². The number of allylic oxidation sites excluding steroid dienone is 2. The van der Waals surface area contributed by atoms with Gasteiger partial charge >= 0.3 is 0 Å². The molecule has 0 amide bonds. The van der Waals surface area contributed by atoms with Gasteiger partial charge in [-0.15, -0.1) is 0 Å². The molecule has 1 heteroatoms. The molecule has 108 valence electrons. The Morgan fingerprint density at radius 2 is 1.00 bits per heavy atom. The summed E-state index contributed by atoms with van der Waals surface area (Å²) < 4.78 is 5.61. The first kappa shape index (κ1) is 14.7. The molecule has 0 spiro atoms. The molecule has 0 saturated heterocycles. The minimum absolute atomic E-state index is 0.376. The van der Waals surface area contributed by atoms with Crippen molar-refractivity contribution < 1.29 is 4.74 Å². The predicted molar refractivity (Wildman–Crippen MR) is 81.7 cm³/mol. The summed E-state index contributed by atoms with van der Waals surface area (Å²) in [7, 11) is 0. The maximum atomic E-state index is 5.61. The Morgan fingerprint density at radius 3 is 1.37 bits per heavy atom. The maximum Gasteiger partial charge on any atom is 0.0866 e. The quantitative estimate of drug-likeness (QED) is 0.567. The van der Waals surface area contributed by atoms with Gasteiger partial charge in [0, 0.05) is 0 Å². The normalized spacial score (nSPS) is 26.8. The third-order valence-electron chi connectivity index (χ3n) is 5.09. The number of ether oxygens (including phenoxy) is 1. The van der Waals surface area contributed by atoms with Crippen LogP contribution >= 0.6 is 0 Å². The van der Waals surface area contributed by atoms with Crippen LogP contribution in [-0.2, 0) is 4.74 Å². The van der Waals surface area contributed by atoms with E-state index in [-0.39, 0.29) is 0 Å². The summed E-state index contributed by atoms with van der Waals surface area (Å²) in [6.45, 7) is 4.72. The van der Waals surface area contributed by atoms with Crippen LogP contribution in [0.3, 0.4) is 0 Å². The van der Waals surface area contributed by atoms with Crippen molar-refractivity contribution in [1.82, 2.24) is 0 Å². The molecule has 0 aromatic carbocycles. The Hall–Kier alpha value is -0.720. The summed E-state index contributed by atoms with van der Waals surface area (Å²) in [5.74, 6) is 0. The molecule has 0 aliphatic heterocycles. The third kappa shape index (κ3) is 4.71. The number of hydrogen-bond donors (Lipinski definition) is 0. The molecule has 2 rings (SSSR count). The fourth-order valence-corrected chi connectivity index (χ4v) is 3.50. The van der Waals surface area contributed by atoms with Crippen molar-refractivity contribution in [1.29, 1.82) is 0 Å². The average Bonchev–Trinajstić information content (AvgIpc) is 2.40. The molecule has 2 saturated carbocycles. The zero-order valence-corrected chi connectivity index (χ0v) is 12.8. The van der Waals surface area contributed by atoms with Crippen molar-refractivity contribution in [2.45, 2.75) is 78.1 Å². The number of hydrogen-bond acceptors (Lipinski definition) is 1. The Labute approximate surface area is 119 Å². The van der Waals surface area contributed by atoms with Crippen LogP contribution < -0.4 is 0 Å². The maximum absolute atomic E-state index is 5.61. The lowest BCUT2D eigenvalue weighted by Gasteiger charge is -2.30. The first-order valence-corrected chi connectivity index (χ1v) is 8.13. The van der Waals surface area contributed by atoms with Gasteiger partial charge < -0.3 is 4.74 Å². The fraction of sp³-hybridized carbons (Fsp3) is 0.778. The lowest BCUT2D eigenvalue weighted by atomic mass is 9.76. The van der Waals surface area contributed by atoms with Gasteiger partial charge in [0.2, 0.25) is 0 Å². The molecule has 0 heterocycles. The molecule has 0 aromatic rings. The molecular weight excluding hydrogens is 232 g/mol. The molecule has 2 aliphatic carbocycles. The second kappa shape index (κ2) is 6.63. The van der Waals surface area contributed by atoms with E-state index >= 15 is 0 Å². The van der Waals surface area contributed by atoms with Gasteiger partial charge in [0.15, 0.2) is 0 Å². The van der Waals surface area contributed by atoms with Crippen molar-refractivity contribution >= 4 is 0 Å². The second-order valence-corrected chi connectivity index (χ2v) is 7.17. The molecule has 2 fully saturated rings. The Kier molecular flexibility index (Phi) is 5.13. The third-order valence-corrected chi connectivity index (χ3v) is 5.09. The van der Waals surface area contributed by atoms with Gasteiger partial charge in [-0.25, -0.2) is 0 Å². The molecule has 1 nitrogen and oxygen atoms in total. The summed E-state index contributed by atoms with van der Waals surface area (Å²) in [5.41, 5.74) is 0.752. The standard InChI is InChI=1S/C18H30O/c1-17(9-5-3-6-10-17)13-15-19-16-14-18(2)11-7-4-8-12-18/h13-16H,3-12H2,1-2H3/b15-13+,16-14+. The van der Waals surface area contributed by atoms with Crippen LogP contribution in [0, 0.1) is 10.8 Å². The van der Waals surface area contributed by atoms with Gasteiger partial charge in [0.1, 0.15) is 0 Å². The first-order chi connectivity index (χ1) is 9.12. The van der Waals surface area contributed by atoms with Gasteiger partial charge in [0.05, 0.1) is 12.5 Å². The van der Waals surface area contributed by atoms with Gasteiger partial charge in [-0.3, -0.25) is 0 Å². The number of rotatable bonds is 4. The van der Waals surface area contributed by atoms with Gasteiger partial charge in [-0.05, 0) is 48.7 Å². The molecular formula is C18H30O. The van der Waals surface area contributed by atoms with Crippen LogP contribution in [0.25, 0.3) is 0 Å². The SMILES string of the molecule is CC1(/C=C/O/C=C/C2(C)CCCCC2)CCCCC1. The van der Waals surface area contributed by atoms with Crippen LogP contribution in [0.2, 0.25) is 0 Å². The van der Waals surface area contributed by atoms with E-state index in [0.29, 0.717) is 10.8 Å². The van der Waals surface area contributed by atoms with E-state index in [0.717, 1.165) is 0 Å². The van der Waals surface area contributed by atoms with Crippen LogP contribution in [-0.4, -0.2) is 0 Å². The highest BCUT2D eigenvalue weighted by Gasteiger charge is 2.24. The van der Waals surface area contributed by atoms with Crippen molar-refractivity contribution in [3.8, 4) is 0 Å². The Balaban J connectivity index is 1.75. The highest BCUT2D eigenvalue weighted by Crippen LogP contribution is 2.38. The van der Waals surface area contributed by atoms with Crippen molar-refractivity contribution in [3.05, 3.63) is 24.7 Å². The first-order valence-electron chi connectivity index (χ1n) is 8.13. The minimum atomic E-state index is 0.376. The van der Waals surface area contributed by atoms with Crippen molar-refractivity contribution in [2.75, 3.05) is 0 Å². The van der Waals surface area contributed by atoms with Crippen LogP contribution in [0.15, 0.2) is 24.7 Å². The summed E-state index contributed by atoms with van der Waals surface area (Å²) >= 11 is 0. The summed E-state index contributed by atoms with van der Waals surface area (Å²) in [4.78, 5) is 0. The van der Waals surface area contributed by atoms with E-state index in [1.54, 1.807) is 0 Å². The van der Waals surface area contributed by atoms with E-state index < -0.39 is 0 Å². The average molecular weight is 262 g/mol. The van der Waals surface area contributed by atoms with Crippen molar-refractivity contribution in [2.24, 2.45) is 10.8 Å². The van der Waals surface area contributed by atoms with Crippen LogP contribution in [0.1, 0.15) is 78.1 Å². The lowest BCUT2D eigenvalue weighted by molar-refractivity contribution is 0.267. The molecule has 0 bridgehead atoms. The Bertz CT molecular complexity index is 283. The molecule has 0 atom stereocenters. The highest BCUT2D eigenvalue weighted by atomic mass is 16.5. The van der Waals surface area contributed by atoms with E-state index in [1.807, 2.05) is 12.5 Å². The topological polar surface area (TPSA) is 9.23 Å².